The molecule has 38 heavy (non-hydrogen) atoms. The summed E-state index contributed by atoms with van der Waals surface area (Å²) in [5.74, 6) is 0.495. The van der Waals surface area contributed by atoms with E-state index in [9.17, 15) is 12.8 Å². The first-order valence-corrected chi connectivity index (χ1v) is 13.3. The van der Waals surface area contributed by atoms with Crippen LogP contribution in [0.3, 0.4) is 0 Å². The molecule has 0 spiro atoms. The van der Waals surface area contributed by atoms with Gasteiger partial charge in [0.05, 0.1) is 46.8 Å². The lowest BCUT2D eigenvalue weighted by atomic mass is 10.0. The van der Waals surface area contributed by atoms with E-state index in [-0.39, 0.29) is 23.8 Å². The molecule has 13 heteroatoms. The summed E-state index contributed by atoms with van der Waals surface area (Å²) in [7, 11) is -1.57. The molecule has 5 rings (SSSR count). The van der Waals surface area contributed by atoms with E-state index in [0.29, 0.717) is 39.1 Å². The molecule has 0 saturated heterocycles. The molecule has 1 aromatic carbocycles. The standard InChI is InChI=1S/C25H24FN9O2S/c1-13-30-12-21(35(13)2)19-5-4-18(27)24(32-19)22(28)25-33-20-11-29-10-17(23(20)34-25)15-6-14(7-16(26)8-15)9-31-38(3,36)37/h4-8,10-12,28,31H,9,27H2,1-3H3,(H,33,34). The number of pyridine rings is 2. The molecule has 0 aliphatic heterocycles. The van der Waals surface area contributed by atoms with Gasteiger partial charge in [-0.05, 0) is 48.4 Å². The van der Waals surface area contributed by atoms with Gasteiger partial charge in [-0.3, -0.25) is 10.4 Å². The number of nitrogens with one attached hydrogen (secondary N) is 3. The van der Waals surface area contributed by atoms with Crippen molar-refractivity contribution in [3.8, 4) is 22.5 Å². The number of halogens is 1. The zero-order chi connectivity index (χ0) is 27.2. The SMILES string of the molecule is Cc1ncc(-c2ccc(N)c(C(=N)c3nc4c(-c5cc(F)cc(CNS(C)(=O)=O)c5)cncc4[nH]3)n2)n1C. The number of imidazole rings is 2. The van der Waals surface area contributed by atoms with Crippen LogP contribution in [0.15, 0.2) is 48.9 Å². The molecule has 0 fully saturated rings. The van der Waals surface area contributed by atoms with Crippen molar-refractivity contribution in [2.24, 2.45) is 7.05 Å². The van der Waals surface area contributed by atoms with E-state index in [1.165, 1.54) is 18.3 Å². The monoisotopic (exact) mass is 533 g/mol. The minimum Gasteiger partial charge on any atom is -0.397 e. The minimum absolute atomic E-state index is 0.0253. The third-order valence-electron chi connectivity index (χ3n) is 6.08. The van der Waals surface area contributed by atoms with Gasteiger partial charge >= 0.3 is 0 Å². The van der Waals surface area contributed by atoms with Crippen molar-refractivity contribution in [1.29, 1.82) is 5.41 Å². The van der Waals surface area contributed by atoms with Gasteiger partial charge in [0, 0.05) is 25.4 Å². The fourth-order valence-corrected chi connectivity index (χ4v) is 4.48. The number of rotatable bonds is 7. The van der Waals surface area contributed by atoms with E-state index in [4.69, 9.17) is 11.1 Å². The van der Waals surface area contributed by atoms with Crippen LogP contribution >= 0.6 is 0 Å². The molecule has 194 valence electrons. The molecule has 0 bridgehead atoms. The van der Waals surface area contributed by atoms with E-state index in [2.05, 4.69) is 29.6 Å². The number of hydrogen-bond acceptors (Lipinski definition) is 8. The van der Waals surface area contributed by atoms with Crippen LogP contribution in [0.4, 0.5) is 10.1 Å². The highest BCUT2D eigenvalue weighted by Gasteiger charge is 2.19. The van der Waals surface area contributed by atoms with Crippen molar-refractivity contribution >= 4 is 32.5 Å². The summed E-state index contributed by atoms with van der Waals surface area (Å²) in [5.41, 5.74) is 10.5. The van der Waals surface area contributed by atoms with Crippen molar-refractivity contribution < 1.29 is 12.8 Å². The highest BCUT2D eigenvalue weighted by molar-refractivity contribution is 7.88. The smallest absolute Gasteiger partial charge is 0.209 e. The fraction of sp³-hybridized carbons (Fsp3) is 0.160. The number of H-pyrrole nitrogens is 1. The molecule has 0 aliphatic carbocycles. The number of aromatic amines is 1. The van der Waals surface area contributed by atoms with E-state index in [1.807, 2.05) is 18.5 Å². The average Bonchev–Trinajstić information content (AvgIpc) is 3.45. The Hall–Kier alpha value is -4.49. The summed E-state index contributed by atoms with van der Waals surface area (Å²) < 4.78 is 41.7. The van der Waals surface area contributed by atoms with Crippen LogP contribution in [-0.4, -0.2) is 49.9 Å². The Labute approximate surface area is 217 Å². The van der Waals surface area contributed by atoms with Crippen molar-refractivity contribution in [3.63, 3.8) is 0 Å². The molecule has 0 radical (unpaired) electrons. The maximum atomic E-state index is 14.5. The van der Waals surface area contributed by atoms with Gasteiger partial charge in [-0.1, -0.05) is 0 Å². The number of aryl methyl sites for hydroxylation is 1. The van der Waals surface area contributed by atoms with Gasteiger partial charge in [0.15, 0.2) is 5.82 Å². The predicted molar refractivity (Wildman–Crippen MR) is 142 cm³/mol. The van der Waals surface area contributed by atoms with Crippen LogP contribution in [0.25, 0.3) is 33.5 Å². The summed E-state index contributed by atoms with van der Waals surface area (Å²) in [6.45, 7) is 1.81. The Balaban J connectivity index is 1.54. The Kier molecular flexibility index (Phi) is 6.25. The maximum Gasteiger partial charge on any atom is 0.209 e. The van der Waals surface area contributed by atoms with Gasteiger partial charge < -0.3 is 15.3 Å². The molecule has 0 atom stereocenters. The van der Waals surface area contributed by atoms with Crippen molar-refractivity contribution in [1.82, 2.24) is 34.2 Å². The first-order chi connectivity index (χ1) is 18.0. The number of sulfonamides is 1. The van der Waals surface area contributed by atoms with E-state index >= 15 is 0 Å². The molecule has 0 amide bonds. The summed E-state index contributed by atoms with van der Waals surface area (Å²) in [6.07, 6.45) is 5.84. The zero-order valence-electron chi connectivity index (χ0n) is 20.7. The largest absolute Gasteiger partial charge is 0.397 e. The number of fused-ring (bicyclic) bond motifs is 1. The molecule has 5 aromatic rings. The molecule has 0 aliphatic rings. The van der Waals surface area contributed by atoms with Gasteiger partial charge in [0.1, 0.15) is 23.0 Å². The number of nitrogens with two attached hydrogens (primary N) is 1. The molecule has 0 saturated carbocycles. The Morgan fingerprint density at radius 3 is 2.68 bits per heavy atom. The first kappa shape index (κ1) is 25.2. The number of aromatic nitrogens is 6. The number of benzene rings is 1. The van der Waals surface area contributed by atoms with Gasteiger partial charge in [-0.25, -0.2) is 32.5 Å². The molecule has 0 unspecified atom stereocenters. The van der Waals surface area contributed by atoms with Crippen molar-refractivity contribution in [3.05, 3.63) is 77.6 Å². The normalized spacial score (nSPS) is 11.8. The highest BCUT2D eigenvalue weighted by Crippen LogP contribution is 2.29. The Morgan fingerprint density at radius 2 is 1.97 bits per heavy atom. The third kappa shape index (κ3) is 4.88. The minimum atomic E-state index is -3.45. The summed E-state index contributed by atoms with van der Waals surface area (Å²) >= 11 is 0. The maximum absolute atomic E-state index is 14.5. The van der Waals surface area contributed by atoms with Crippen LogP contribution in [0.2, 0.25) is 0 Å². The molecule has 5 N–H and O–H groups in total. The molecular formula is C25H24FN9O2S. The fourth-order valence-electron chi connectivity index (χ4n) is 4.05. The van der Waals surface area contributed by atoms with E-state index in [1.54, 1.807) is 30.6 Å². The van der Waals surface area contributed by atoms with Gasteiger partial charge in [0.2, 0.25) is 10.0 Å². The van der Waals surface area contributed by atoms with Gasteiger partial charge in [-0.2, -0.15) is 0 Å². The quantitative estimate of drug-likeness (QED) is 0.233. The van der Waals surface area contributed by atoms with Crippen molar-refractivity contribution in [2.45, 2.75) is 13.5 Å². The number of nitrogen functional groups attached to an aromatic ring is 1. The summed E-state index contributed by atoms with van der Waals surface area (Å²) in [4.78, 5) is 20.8. The van der Waals surface area contributed by atoms with Crippen molar-refractivity contribution in [2.75, 3.05) is 12.0 Å². The second kappa shape index (κ2) is 9.43. The second-order valence-electron chi connectivity index (χ2n) is 8.87. The Bertz CT molecular complexity index is 1830. The highest BCUT2D eigenvalue weighted by atomic mass is 32.2. The number of anilines is 1. The molecular weight excluding hydrogens is 509 g/mol. The van der Waals surface area contributed by atoms with Gasteiger partial charge in [0.25, 0.3) is 0 Å². The summed E-state index contributed by atoms with van der Waals surface area (Å²) in [6, 6.07) is 7.69. The molecule has 11 nitrogen and oxygen atoms in total. The predicted octanol–water partition coefficient (Wildman–Crippen LogP) is 2.92. The number of hydrogen-bond donors (Lipinski definition) is 4. The van der Waals surface area contributed by atoms with Gasteiger partial charge in [-0.15, -0.1) is 0 Å². The second-order valence-corrected chi connectivity index (χ2v) is 10.7. The third-order valence-corrected chi connectivity index (χ3v) is 6.75. The van der Waals surface area contributed by atoms with Crippen LogP contribution in [0, 0.1) is 18.2 Å². The molecule has 4 aromatic heterocycles. The average molecular weight is 534 g/mol. The Morgan fingerprint density at radius 1 is 1.18 bits per heavy atom. The first-order valence-electron chi connectivity index (χ1n) is 11.4. The molecule has 4 heterocycles. The van der Waals surface area contributed by atoms with Crippen LogP contribution in [-0.2, 0) is 23.6 Å². The lowest BCUT2D eigenvalue weighted by Crippen LogP contribution is -2.21. The zero-order valence-corrected chi connectivity index (χ0v) is 21.6. The van der Waals surface area contributed by atoms with Crippen LogP contribution in [0.5, 0.6) is 0 Å². The summed E-state index contributed by atoms with van der Waals surface area (Å²) in [5, 5.41) is 8.81. The van der Waals surface area contributed by atoms with Crippen LogP contribution in [0.1, 0.15) is 22.9 Å². The van der Waals surface area contributed by atoms with Crippen LogP contribution < -0.4 is 10.5 Å². The number of nitrogens with zero attached hydrogens (tertiary/aromatic N) is 5. The lowest BCUT2D eigenvalue weighted by molar-refractivity contribution is 0.586. The lowest BCUT2D eigenvalue weighted by Gasteiger charge is -2.09. The van der Waals surface area contributed by atoms with E-state index < -0.39 is 15.8 Å². The van der Waals surface area contributed by atoms with E-state index in [0.717, 1.165) is 17.8 Å². The topological polar surface area (TPSA) is 168 Å².